The highest BCUT2D eigenvalue weighted by atomic mass is 28.4. The molecular formula is C26H36O2Si. The third kappa shape index (κ3) is 5.36. The van der Waals surface area contributed by atoms with Crippen molar-refractivity contribution in [2.45, 2.75) is 39.7 Å². The molecule has 0 aliphatic rings. The van der Waals surface area contributed by atoms with Gasteiger partial charge >= 0.3 is 0 Å². The lowest BCUT2D eigenvalue weighted by Gasteiger charge is -2.43. The minimum atomic E-state index is -2.51. The van der Waals surface area contributed by atoms with E-state index in [2.05, 4.69) is 101 Å². The third-order valence-corrected chi connectivity index (χ3v) is 10.6. The van der Waals surface area contributed by atoms with Gasteiger partial charge in [-0.3, -0.25) is 0 Å². The molecule has 0 fully saturated rings. The quantitative estimate of drug-likeness (QED) is 0.470. The van der Waals surface area contributed by atoms with E-state index in [4.69, 9.17) is 4.43 Å². The second-order valence-corrected chi connectivity index (χ2v) is 13.5. The van der Waals surface area contributed by atoms with Gasteiger partial charge < -0.3 is 9.53 Å². The van der Waals surface area contributed by atoms with Crippen molar-refractivity contribution in [3.63, 3.8) is 0 Å². The second-order valence-electron chi connectivity index (χ2n) is 9.18. The molecule has 0 saturated carbocycles. The van der Waals surface area contributed by atoms with Crippen LogP contribution in [0.1, 0.15) is 34.6 Å². The van der Waals surface area contributed by atoms with Crippen LogP contribution in [-0.4, -0.2) is 26.6 Å². The predicted molar refractivity (Wildman–Crippen MR) is 127 cm³/mol. The molecule has 0 aliphatic carbocycles. The molecule has 0 heterocycles. The summed E-state index contributed by atoms with van der Waals surface area (Å²) in [7, 11) is -2.51. The number of aliphatic hydroxyl groups excluding tert-OH is 1. The average molecular weight is 409 g/mol. The SMILES string of the molecule is C=C[C@@](C)(/C=C/[C@H](C)CO[Si](c1ccccc1)(c1ccccc1)C(C)(C)C)CO. The zero-order valence-corrected chi connectivity index (χ0v) is 19.6. The Morgan fingerprint density at radius 3 is 1.83 bits per heavy atom. The number of rotatable bonds is 9. The van der Waals surface area contributed by atoms with Gasteiger partial charge in [0.1, 0.15) is 0 Å². The van der Waals surface area contributed by atoms with Crippen LogP contribution in [0.3, 0.4) is 0 Å². The minimum Gasteiger partial charge on any atom is -0.407 e. The highest BCUT2D eigenvalue weighted by Gasteiger charge is 2.50. The molecule has 2 aromatic rings. The molecule has 0 amide bonds. The molecular weight excluding hydrogens is 372 g/mol. The Morgan fingerprint density at radius 1 is 0.966 bits per heavy atom. The predicted octanol–water partition coefficient (Wildman–Crippen LogP) is 4.94. The van der Waals surface area contributed by atoms with Crippen LogP contribution >= 0.6 is 0 Å². The van der Waals surface area contributed by atoms with E-state index in [-0.39, 0.29) is 17.6 Å². The first-order valence-electron chi connectivity index (χ1n) is 10.4. The third-order valence-electron chi connectivity index (χ3n) is 5.59. The highest BCUT2D eigenvalue weighted by Crippen LogP contribution is 2.37. The molecule has 0 bridgehead atoms. The summed E-state index contributed by atoms with van der Waals surface area (Å²) in [6.07, 6.45) is 5.97. The normalized spacial score (nSPS) is 15.8. The van der Waals surface area contributed by atoms with Crippen LogP contribution in [0.25, 0.3) is 0 Å². The summed E-state index contributed by atoms with van der Waals surface area (Å²) in [6.45, 7) is 15.5. The molecule has 2 nitrogen and oxygen atoms in total. The number of benzene rings is 2. The molecule has 2 rings (SSSR count). The molecule has 0 aliphatic heterocycles. The van der Waals surface area contributed by atoms with Crippen molar-refractivity contribution in [3.8, 4) is 0 Å². The Hall–Kier alpha value is -1.94. The lowest BCUT2D eigenvalue weighted by atomic mass is 9.90. The fraction of sp³-hybridized carbons (Fsp3) is 0.385. The fourth-order valence-corrected chi connectivity index (χ4v) is 8.31. The van der Waals surface area contributed by atoms with Gasteiger partial charge in [0.05, 0.1) is 6.61 Å². The van der Waals surface area contributed by atoms with Crippen LogP contribution in [-0.2, 0) is 4.43 Å². The highest BCUT2D eigenvalue weighted by molar-refractivity contribution is 6.99. The molecule has 0 radical (unpaired) electrons. The number of hydrogen-bond acceptors (Lipinski definition) is 2. The molecule has 0 aromatic heterocycles. The van der Waals surface area contributed by atoms with Crippen molar-refractivity contribution < 1.29 is 9.53 Å². The average Bonchev–Trinajstić information content (AvgIpc) is 2.73. The zero-order valence-electron chi connectivity index (χ0n) is 18.6. The van der Waals surface area contributed by atoms with Gasteiger partial charge in [-0.2, -0.15) is 0 Å². The standard InChI is InChI=1S/C26H36O2Si/c1-7-26(6,21-27)19-18-22(2)20-28-29(25(3,4)5,23-14-10-8-11-15-23)24-16-12-9-13-17-24/h7-19,22,27H,1,20-21H2,2-6H3/b19-18+/t22-,26-/m0/s1. The Kier molecular flexibility index (Phi) is 7.81. The monoisotopic (exact) mass is 408 g/mol. The molecule has 0 unspecified atom stereocenters. The van der Waals surface area contributed by atoms with Crippen molar-refractivity contribution in [1.82, 2.24) is 0 Å². The molecule has 2 aromatic carbocycles. The van der Waals surface area contributed by atoms with Crippen molar-refractivity contribution >= 4 is 18.7 Å². The van der Waals surface area contributed by atoms with Crippen molar-refractivity contribution in [1.29, 1.82) is 0 Å². The zero-order chi connectivity index (χ0) is 21.5. The van der Waals surface area contributed by atoms with Gasteiger partial charge in [0.2, 0.25) is 0 Å². The fourth-order valence-electron chi connectivity index (χ4n) is 3.64. The van der Waals surface area contributed by atoms with Gasteiger partial charge in [-0.25, -0.2) is 0 Å². The summed E-state index contributed by atoms with van der Waals surface area (Å²) in [5.41, 5.74) is -0.397. The Morgan fingerprint density at radius 2 is 1.45 bits per heavy atom. The van der Waals surface area contributed by atoms with Gasteiger partial charge in [0, 0.05) is 12.0 Å². The van der Waals surface area contributed by atoms with Gasteiger partial charge in [0.25, 0.3) is 8.32 Å². The van der Waals surface area contributed by atoms with E-state index in [1.165, 1.54) is 10.4 Å². The van der Waals surface area contributed by atoms with Crippen molar-refractivity contribution in [2.24, 2.45) is 11.3 Å². The maximum atomic E-state index is 9.61. The van der Waals surface area contributed by atoms with Gasteiger partial charge in [-0.15, -0.1) is 6.58 Å². The van der Waals surface area contributed by atoms with Crippen LogP contribution in [0.2, 0.25) is 5.04 Å². The van der Waals surface area contributed by atoms with Gasteiger partial charge in [0.15, 0.2) is 0 Å². The first kappa shape index (κ1) is 23.3. The van der Waals surface area contributed by atoms with E-state index >= 15 is 0 Å². The maximum Gasteiger partial charge on any atom is 0.261 e. The summed E-state index contributed by atoms with van der Waals surface area (Å²) < 4.78 is 6.96. The Balaban J connectivity index is 2.41. The molecule has 29 heavy (non-hydrogen) atoms. The molecule has 0 spiro atoms. The van der Waals surface area contributed by atoms with E-state index in [1.807, 2.05) is 13.0 Å². The topological polar surface area (TPSA) is 29.5 Å². The number of hydrogen-bond donors (Lipinski definition) is 1. The smallest absolute Gasteiger partial charge is 0.261 e. The molecule has 1 N–H and O–H groups in total. The van der Waals surface area contributed by atoms with Crippen LogP contribution in [0.5, 0.6) is 0 Å². The first-order valence-corrected chi connectivity index (χ1v) is 12.3. The summed E-state index contributed by atoms with van der Waals surface area (Å²) >= 11 is 0. The molecule has 156 valence electrons. The van der Waals surface area contributed by atoms with Crippen LogP contribution in [0, 0.1) is 11.3 Å². The minimum absolute atomic E-state index is 0.0279. The van der Waals surface area contributed by atoms with Gasteiger partial charge in [-0.1, -0.05) is 114 Å². The lowest BCUT2D eigenvalue weighted by Crippen LogP contribution is -2.66. The second kappa shape index (κ2) is 9.71. The van der Waals surface area contributed by atoms with E-state index < -0.39 is 13.7 Å². The van der Waals surface area contributed by atoms with Crippen molar-refractivity contribution in [3.05, 3.63) is 85.5 Å². The van der Waals surface area contributed by atoms with E-state index in [0.717, 1.165) is 0 Å². The number of aliphatic hydroxyl groups is 1. The molecule has 0 saturated heterocycles. The summed E-state index contributed by atoms with van der Waals surface area (Å²) in [5.74, 6) is 0.225. The molecule has 3 heteroatoms. The van der Waals surface area contributed by atoms with Gasteiger partial charge in [-0.05, 0) is 21.3 Å². The first-order chi connectivity index (χ1) is 13.7. The van der Waals surface area contributed by atoms with Crippen LogP contribution < -0.4 is 10.4 Å². The van der Waals surface area contributed by atoms with Crippen LogP contribution in [0.4, 0.5) is 0 Å². The Bertz CT molecular complexity index is 753. The van der Waals surface area contributed by atoms with Crippen LogP contribution in [0.15, 0.2) is 85.5 Å². The summed E-state index contributed by atoms with van der Waals surface area (Å²) in [4.78, 5) is 0. The maximum absolute atomic E-state index is 9.61. The Labute approximate surface area is 178 Å². The van der Waals surface area contributed by atoms with E-state index in [1.54, 1.807) is 6.08 Å². The largest absolute Gasteiger partial charge is 0.407 e. The molecule has 2 atom stereocenters. The van der Waals surface area contributed by atoms with Crippen molar-refractivity contribution in [2.75, 3.05) is 13.2 Å². The lowest BCUT2D eigenvalue weighted by molar-refractivity contribution is 0.218. The van der Waals surface area contributed by atoms with E-state index in [9.17, 15) is 5.11 Å². The van der Waals surface area contributed by atoms with E-state index in [0.29, 0.717) is 6.61 Å². The summed E-state index contributed by atoms with van der Waals surface area (Å²) in [5, 5.41) is 12.2. The summed E-state index contributed by atoms with van der Waals surface area (Å²) in [6, 6.07) is 21.4.